The van der Waals surface area contributed by atoms with E-state index in [2.05, 4.69) is 10.8 Å². The summed E-state index contributed by atoms with van der Waals surface area (Å²) in [5, 5.41) is 0. The Kier molecular flexibility index (Phi) is 5.00. The third kappa shape index (κ3) is 6.31. The lowest BCUT2D eigenvalue weighted by atomic mass is 10.5. The fourth-order valence-electron chi connectivity index (χ4n) is 0.546. The summed E-state index contributed by atoms with van der Waals surface area (Å²) in [6.45, 7) is 10.8. The Hall–Kier alpha value is -0.173. The van der Waals surface area contributed by atoms with Gasteiger partial charge in [-0.2, -0.15) is 8.42 Å². The van der Waals surface area contributed by atoms with Crippen molar-refractivity contribution >= 4 is 18.5 Å². The molecule has 0 N–H and O–H groups in total. The summed E-state index contributed by atoms with van der Waals surface area (Å²) in [6.07, 6.45) is -0.223. The molecule has 0 spiro atoms. The van der Waals surface area contributed by atoms with Gasteiger partial charge < -0.3 is 0 Å². The summed E-state index contributed by atoms with van der Waals surface area (Å²) < 4.78 is 31.6. The summed E-state index contributed by atoms with van der Waals surface area (Å²) in [4.78, 5) is 0. The zero-order valence-corrected chi connectivity index (χ0v) is 10.9. The molecule has 0 fully saturated rings. The topological polar surface area (TPSA) is 52.6 Å². The third-order valence-corrected chi connectivity index (χ3v) is 4.67. The fraction of sp³-hybridized carbons (Fsp3) is 0.750. The molecule has 0 atom stereocenters. The van der Waals surface area contributed by atoms with Gasteiger partial charge in [-0.15, -0.1) is 6.58 Å². The largest absolute Gasteiger partial charge is 0.399 e. The molecule has 0 aliphatic carbocycles. The predicted octanol–water partition coefficient (Wildman–Crippen LogP) is 1.65. The van der Waals surface area contributed by atoms with Crippen LogP contribution < -0.4 is 0 Å². The fourth-order valence-corrected chi connectivity index (χ4v) is 2.98. The van der Waals surface area contributed by atoms with E-state index in [-0.39, 0.29) is 6.23 Å². The monoisotopic (exact) mass is 238 g/mol. The first kappa shape index (κ1) is 13.8. The van der Waals surface area contributed by atoms with E-state index in [0.29, 0.717) is 0 Å². The maximum atomic E-state index is 11.1. The van der Waals surface area contributed by atoms with Gasteiger partial charge in [-0.25, -0.2) is 4.18 Å². The minimum atomic E-state index is -3.84. The zero-order valence-electron chi connectivity index (χ0n) is 9.11. The van der Waals surface area contributed by atoms with Crippen LogP contribution in [0.2, 0.25) is 13.1 Å². The minimum absolute atomic E-state index is 0.172. The quantitative estimate of drug-likeness (QED) is 0.660. The first-order valence-electron chi connectivity index (χ1n) is 4.40. The van der Waals surface area contributed by atoms with Crippen molar-refractivity contribution in [3.05, 3.63) is 12.3 Å². The lowest BCUT2D eigenvalue weighted by Crippen LogP contribution is -2.32. The molecular formula is C8H18O4SSi. The normalized spacial score (nSPS) is 13.2. The van der Waals surface area contributed by atoms with Crippen molar-refractivity contribution in [2.45, 2.75) is 33.0 Å². The van der Waals surface area contributed by atoms with Gasteiger partial charge in [0, 0.05) is 0 Å². The van der Waals surface area contributed by atoms with Crippen LogP contribution in [0.15, 0.2) is 12.3 Å². The van der Waals surface area contributed by atoms with Crippen LogP contribution in [0.3, 0.4) is 0 Å². The van der Waals surface area contributed by atoms with Crippen molar-refractivity contribution in [1.29, 1.82) is 0 Å². The Bertz CT molecular complexity index is 282. The van der Waals surface area contributed by atoms with Gasteiger partial charge in [0.15, 0.2) is 0 Å². The molecule has 0 saturated heterocycles. The van der Waals surface area contributed by atoms with Crippen LogP contribution in [0.5, 0.6) is 0 Å². The van der Waals surface area contributed by atoms with Crippen molar-refractivity contribution in [2.75, 3.05) is 6.23 Å². The second-order valence-corrected chi connectivity index (χ2v) is 9.93. The Labute approximate surface area is 87.3 Å². The highest BCUT2D eigenvalue weighted by molar-refractivity contribution is 7.81. The van der Waals surface area contributed by atoms with Gasteiger partial charge in [-0.1, -0.05) is 18.8 Å². The van der Waals surface area contributed by atoms with Gasteiger partial charge >= 0.3 is 10.4 Å². The molecule has 4 nitrogen and oxygen atoms in total. The molecule has 0 aliphatic heterocycles. The molecule has 0 heterocycles. The van der Waals surface area contributed by atoms with E-state index >= 15 is 0 Å². The second-order valence-electron chi connectivity index (χ2n) is 4.01. The van der Waals surface area contributed by atoms with Gasteiger partial charge in [-0.3, -0.25) is 4.18 Å². The predicted molar refractivity (Wildman–Crippen MR) is 58.8 cm³/mol. The molecule has 0 radical (unpaired) electrons. The van der Waals surface area contributed by atoms with Crippen molar-refractivity contribution in [3.8, 4) is 0 Å². The van der Waals surface area contributed by atoms with Crippen LogP contribution >= 0.6 is 0 Å². The zero-order chi connectivity index (χ0) is 11.4. The highest BCUT2D eigenvalue weighted by Crippen LogP contribution is 2.08. The average Bonchev–Trinajstić information content (AvgIpc) is 1.99. The molecule has 0 amide bonds. The van der Waals surface area contributed by atoms with Crippen LogP contribution in [-0.2, 0) is 18.8 Å². The van der Waals surface area contributed by atoms with Crippen molar-refractivity contribution in [2.24, 2.45) is 0 Å². The van der Waals surface area contributed by atoms with E-state index in [9.17, 15) is 8.42 Å². The van der Waals surface area contributed by atoms with E-state index in [1.54, 1.807) is 19.5 Å². The molecular weight excluding hydrogens is 220 g/mol. The summed E-state index contributed by atoms with van der Waals surface area (Å²) in [6, 6.07) is 0. The second kappa shape index (κ2) is 5.06. The standard InChI is InChI=1S/C8H18O4SSi/c1-6-14(4,5)7-11-13(9,10)12-8(2)3/h6,8H,1,7H2,2-5H3. The molecule has 0 aromatic heterocycles. The molecule has 0 saturated carbocycles. The maximum Gasteiger partial charge on any atom is 0.399 e. The summed E-state index contributed by atoms with van der Waals surface area (Å²) in [5.41, 5.74) is 1.78. The number of rotatable bonds is 6. The molecule has 14 heavy (non-hydrogen) atoms. The molecule has 0 aromatic carbocycles. The van der Waals surface area contributed by atoms with Crippen molar-refractivity contribution in [1.82, 2.24) is 0 Å². The molecule has 0 unspecified atom stereocenters. The summed E-state index contributed by atoms with van der Waals surface area (Å²) in [5.74, 6) is 0. The van der Waals surface area contributed by atoms with Gasteiger partial charge in [-0.05, 0) is 13.8 Å². The van der Waals surface area contributed by atoms with Gasteiger partial charge in [0.25, 0.3) is 0 Å². The Balaban J connectivity index is 4.20. The molecule has 84 valence electrons. The molecule has 0 rings (SSSR count). The van der Waals surface area contributed by atoms with E-state index < -0.39 is 24.6 Å². The lowest BCUT2D eigenvalue weighted by Gasteiger charge is -2.16. The molecule has 0 aromatic rings. The van der Waals surface area contributed by atoms with Gasteiger partial charge in [0.1, 0.15) is 8.07 Å². The van der Waals surface area contributed by atoms with Crippen LogP contribution in [0.4, 0.5) is 0 Å². The van der Waals surface area contributed by atoms with Gasteiger partial charge in [0.2, 0.25) is 0 Å². The molecule has 0 aliphatic rings. The van der Waals surface area contributed by atoms with Crippen LogP contribution in [-0.4, -0.2) is 28.8 Å². The SMILES string of the molecule is C=C[Si](C)(C)COS(=O)(=O)OC(C)C. The minimum Gasteiger partial charge on any atom is -0.251 e. The first-order valence-corrected chi connectivity index (χ1v) is 9.01. The Morgan fingerprint density at radius 1 is 1.43 bits per heavy atom. The smallest absolute Gasteiger partial charge is 0.251 e. The van der Waals surface area contributed by atoms with E-state index in [0.717, 1.165) is 0 Å². The van der Waals surface area contributed by atoms with Crippen LogP contribution in [0.1, 0.15) is 13.8 Å². The molecule has 0 bridgehead atoms. The average molecular weight is 238 g/mol. The highest BCUT2D eigenvalue weighted by atomic mass is 32.3. The van der Waals surface area contributed by atoms with Crippen molar-refractivity contribution < 1.29 is 16.8 Å². The first-order chi connectivity index (χ1) is 6.18. The van der Waals surface area contributed by atoms with E-state index in [1.165, 1.54) is 0 Å². The summed E-state index contributed by atoms with van der Waals surface area (Å²) in [7, 11) is -5.59. The Morgan fingerprint density at radius 3 is 2.29 bits per heavy atom. The van der Waals surface area contributed by atoms with E-state index in [1.807, 2.05) is 13.1 Å². The van der Waals surface area contributed by atoms with E-state index in [4.69, 9.17) is 4.18 Å². The number of hydrogen-bond donors (Lipinski definition) is 0. The van der Waals surface area contributed by atoms with Crippen LogP contribution in [0, 0.1) is 0 Å². The van der Waals surface area contributed by atoms with Crippen molar-refractivity contribution in [3.63, 3.8) is 0 Å². The third-order valence-electron chi connectivity index (χ3n) is 1.44. The summed E-state index contributed by atoms with van der Waals surface area (Å²) >= 11 is 0. The van der Waals surface area contributed by atoms with Crippen LogP contribution in [0.25, 0.3) is 0 Å². The van der Waals surface area contributed by atoms with Gasteiger partial charge in [0.05, 0.1) is 12.3 Å². The number of hydrogen-bond acceptors (Lipinski definition) is 4. The highest BCUT2D eigenvalue weighted by Gasteiger charge is 2.22. The molecule has 6 heteroatoms. The lowest BCUT2D eigenvalue weighted by molar-refractivity contribution is 0.191. The maximum absolute atomic E-state index is 11.1. The Morgan fingerprint density at radius 2 is 1.93 bits per heavy atom.